The maximum absolute atomic E-state index is 11.8. The van der Waals surface area contributed by atoms with Crippen molar-refractivity contribution in [3.63, 3.8) is 0 Å². The highest BCUT2D eigenvalue weighted by Crippen LogP contribution is 2.22. The molecule has 0 spiro atoms. The highest BCUT2D eigenvalue weighted by Gasteiger charge is 2.19. The lowest BCUT2D eigenvalue weighted by molar-refractivity contribution is 0.0822. The number of hydrogen-bond acceptors (Lipinski definition) is 4. The van der Waals surface area contributed by atoms with E-state index in [2.05, 4.69) is 10.3 Å². The number of aliphatic hydroxyl groups excluding tert-OH is 1. The number of nitrogens with zero attached hydrogens (tertiary/aromatic N) is 2. The Morgan fingerprint density at radius 3 is 2.68 bits per heavy atom. The maximum Gasteiger partial charge on any atom is 0.272 e. The van der Waals surface area contributed by atoms with Crippen LogP contribution in [0.25, 0.3) is 0 Å². The number of amides is 1. The van der Waals surface area contributed by atoms with E-state index in [1.165, 1.54) is 4.90 Å². The van der Waals surface area contributed by atoms with Crippen molar-refractivity contribution in [3.8, 4) is 0 Å². The van der Waals surface area contributed by atoms with Crippen LogP contribution in [-0.2, 0) is 0 Å². The monoisotopic (exact) mass is 263 g/mol. The van der Waals surface area contributed by atoms with Crippen LogP contribution in [0.3, 0.4) is 0 Å². The van der Waals surface area contributed by atoms with Crippen LogP contribution in [0, 0.1) is 0 Å². The van der Waals surface area contributed by atoms with Gasteiger partial charge in [-0.05, 0) is 37.8 Å². The molecule has 19 heavy (non-hydrogen) atoms. The van der Waals surface area contributed by atoms with Gasteiger partial charge in [0.15, 0.2) is 0 Å². The highest BCUT2D eigenvalue weighted by atomic mass is 16.3. The molecule has 0 saturated heterocycles. The van der Waals surface area contributed by atoms with Crippen molar-refractivity contribution in [3.05, 3.63) is 24.0 Å². The number of carbonyl (C=O) groups excluding carboxylic acids is 1. The summed E-state index contributed by atoms with van der Waals surface area (Å²) >= 11 is 0. The predicted molar refractivity (Wildman–Crippen MR) is 74.1 cm³/mol. The number of carbonyl (C=O) groups is 1. The first-order valence-corrected chi connectivity index (χ1v) is 6.68. The number of nitrogens with one attached hydrogen (secondary N) is 1. The quantitative estimate of drug-likeness (QED) is 0.867. The Hall–Kier alpha value is -1.62. The van der Waals surface area contributed by atoms with Crippen molar-refractivity contribution in [2.45, 2.75) is 37.8 Å². The van der Waals surface area contributed by atoms with Gasteiger partial charge in [0, 0.05) is 32.0 Å². The van der Waals surface area contributed by atoms with E-state index in [9.17, 15) is 9.90 Å². The Balaban J connectivity index is 2.01. The van der Waals surface area contributed by atoms with Crippen LogP contribution in [0.15, 0.2) is 18.3 Å². The van der Waals surface area contributed by atoms with E-state index in [1.54, 1.807) is 26.4 Å². The molecule has 0 bridgehead atoms. The minimum absolute atomic E-state index is 0.0947. The maximum atomic E-state index is 11.8. The van der Waals surface area contributed by atoms with Gasteiger partial charge in [-0.1, -0.05) is 0 Å². The average Bonchev–Trinajstić information content (AvgIpc) is 2.41. The molecule has 0 radical (unpaired) electrons. The number of anilines is 1. The van der Waals surface area contributed by atoms with Crippen molar-refractivity contribution < 1.29 is 9.90 Å². The molecular formula is C14H21N3O2. The summed E-state index contributed by atoms with van der Waals surface area (Å²) in [5, 5.41) is 12.9. The largest absolute Gasteiger partial charge is 0.393 e. The zero-order valence-electron chi connectivity index (χ0n) is 11.5. The summed E-state index contributed by atoms with van der Waals surface area (Å²) in [4.78, 5) is 17.4. The number of aliphatic hydroxyl groups is 1. The lowest BCUT2D eigenvalue weighted by Crippen LogP contribution is -2.28. The van der Waals surface area contributed by atoms with Crippen LogP contribution in [0.5, 0.6) is 0 Å². The second-order valence-corrected chi connectivity index (χ2v) is 5.28. The molecule has 0 aromatic carbocycles. The predicted octanol–water partition coefficient (Wildman–Crippen LogP) is 1.50. The number of hydrogen-bond donors (Lipinski definition) is 2. The fourth-order valence-electron chi connectivity index (χ4n) is 2.32. The molecule has 1 fully saturated rings. The third kappa shape index (κ3) is 3.67. The summed E-state index contributed by atoms with van der Waals surface area (Å²) in [6, 6.07) is 4.03. The van der Waals surface area contributed by atoms with Gasteiger partial charge in [0.2, 0.25) is 0 Å². The van der Waals surface area contributed by atoms with E-state index in [0.717, 1.165) is 31.4 Å². The van der Waals surface area contributed by atoms with Gasteiger partial charge in [0.1, 0.15) is 5.69 Å². The van der Waals surface area contributed by atoms with Gasteiger partial charge in [-0.25, -0.2) is 0 Å². The molecule has 104 valence electrons. The van der Waals surface area contributed by atoms with Gasteiger partial charge < -0.3 is 15.3 Å². The number of rotatable bonds is 3. The van der Waals surface area contributed by atoms with Crippen LogP contribution in [0.1, 0.15) is 36.2 Å². The van der Waals surface area contributed by atoms with E-state index in [-0.39, 0.29) is 12.0 Å². The number of aromatic nitrogens is 1. The van der Waals surface area contributed by atoms with Crippen LogP contribution in [0.4, 0.5) is 5.69 Å². The molecule has 2 N–H and O–H groups in total. The zero-order valence-corrected chi connectivity index (χ0v) is 11.5. The van der Waals surface area contributed by atoms with Crippen molar-refractivity contribution in [1.82, 2.24) is 9.88 Å². The van der Waals surface area contributed by atoms with Gasteiger partial charge in [-0.3, -0.25) is 9.78 Å². The van der Waals surface area contributed by atoms with Crippen molar-refractivity contribution in [1.29, 1.82) is 0 Å². The second-order valence-electron chi connectivity index (χ2n) is 5.28. The van der Waals surface area contributed by atoms with E-state index >= 15 is 0 Å². The van der Waals surface area contributed by atoms with Crippen LogP contribution in [-0.4, -0.2) is 47.1 Å². The number of pyridine rings is 1. The molecule has 1 saturated carbocycles. The topological polar surface area (TPSA) is 65.5 Å². The minimum atomic E-state index is -0.152. The Morgan fingerprint density at radius 2 is 2.05 bits per heavy atom. The molecule has 5 heteroatoms. The summed E-state index contributed by atoms with van der Waals surface area (Å²) in [5.41, 5.74) is 1.37. The van der Waals surface area contributed by atoms with Crippen LogP contribution in [0.2, 0.25) is 0 Å². The molecule has 1 aliphatic carbocycles. The average molecular weight is 263 g/mol. The van der Waals surface area contributed by atoms with Gasteiger partial charge in [0.05, 0.1) is 6.10 Å². The molecule has 0 aliphatic heterocycles. The van der Waals surface area contributed by atoms with E-state index in [4.69, 9.17) is 0 Å². The molecule has 2 rings (SSSR count). The lowest BCUT2D eigenvalue weighted by Gasteiger charge is -2.27. The highest BCUT2D eigenvalue weighted by molar-refractivity contribution is 5.92. The smallest absolute Gasteiger partial charge is 0.272 e. The van der Waals surface area contributed by atoms with Crippen molar-refractivity contribution >= 4 is 11.6 Å². The molecule has 1 aromatic rings. The fraction of sp³-hybridized carbons (Fsp3) is 0.571. The molecule has 5 nitrogen and oxygen atoms in total. The summed E-state index contributed by atoms with van der Waals surface area (Å²) in [6.45, 7) is 0. The second kappa shape index (κ2) is 6.02. The van der Waals surface area contributed by atoms with E-state index in [1.807, 2.05) is 6.07 Å². The Labute approximate surface area is 113 Å². The van der Waals surface area contributed by atoms with Crippen LogP contribution < -0.4 is 5.32 Å². The third-order valence-corrected chi connectivity index (χ3v) is 3.45. The first kappa shape index (κ1) is 13.8. The van der Waals surface area contributed by atoms with Crippen LogP contribution >= 0.6 is 0 Å². The molecule has 1 aromatic heterocycles. The Morgan fingerprint density at radius 1 is 1.37 bits per heavy atom. The van der Waals surface area contributed by atoms with Gasteiger partial charge >= 0.3 is 0 Å². The Bertz CT molecular complexity index is 440. The molecule has 0 unspecified atom stereocenters. The fourth-order valence-corrected chi connectivity index (χ4v) is 2.32. The summed E-state index contributed by atoms with van der Waals surface area (Å²) in [5.74, 6) is -0.0947. The SMILES string of the molecule is CN(C)C(=O)c1cc(NC2CCC(O)CC2)ccn1. The summed E-state index contributed by atoms with van der Waals surface area (Å²) in [7, 11) is 3.43. The molecule has 0 atom stereocenters. The molecule has 1 heterocycles. The summed E-state index contributed by atoms with van der Waals surface area (Å²) in [6.07, 6.45) is 5.09. The normalized spacial score (nSPS) is 22.9. The third-order valence-electron chi connectivity index (χ3n) is 3.45. The first-order chi connectivity index (χ1) is 9.06. The standard InChI is InChI=1S/C14H21N3O2/c1-17(2)14(19)13-9-11(7-8-15-13)16-10-3-5-12(18)6-4-10/h7-10,12,18H,3-6H2,1-2H3,(H,15,16). The molecule has 1 amide bonds. The summed E-state index contributed by atoms with van der Waals surface area (Å²) < 4.78 is 0. The minimum Gasteiger partial charge on any atom is -0.393 e. The van der Waals surface area contributed by atoms with Crippen molar-refractivity contribution in [2.24, 2.45) is 0 Å². The Kier molecular flexibility index (Phi) is 4.37. The molecule has 1 aliphatic rings. The zero-order chi connectivity index (χ0) is 13.8. The van der Waals surface area contributed by atoms with Gasteiger partial charge in [-0.15, -0.1) is 0 Å². The van der Waals surface area contributed by atoms with Gasteiger partial charge in [0.25, 0.3) is 5.91 Å². The van der Waals surface area contributed by atoms with Gasteiger partial charge in [-0.2, -0.15) is 0 Å². The van der Waals surface area contributed by atoms with E-state index in [0.29, 0.717) is 11.7 Å². The van der Waals surface area contributed by atoms with Crippen molar-refractivity contribution in [2.75, 3.05) is 19.4 Å². The molecular weight excluding hydrogens is 242 g/mol. The van der Waals surface area contributed by atoms with E-state index < -0.39 is 0 Å². The lowest BCUT2D eigenvalue weighted by atomic mass is 9.93. The first-order valence-electron chi connectivity index (χ1n) is 6.68.